The second-order valence-electron chi connectivity index (χ2n) is 4.75. The molecule has 1 atom stereocenters. The van der Waals surface area contributed by atoms with Gasteiger partial charge in [0.25, 0.3) is 0 Å². The topological polar surface area (TPSA) is 86.6 Å². The van der Waals surface area contributed by atoms with Crippen molar-refractivity contribution in [2.45, 2.75) is 24.6 Å². The van der Waals surface area contributed by atoms with Gasteiger partial charge < -0.3 is 15.5 Å². The van der Waals surface area contributed by atoms with Gasteiger partial charge in [0, 0.05) is 6.54 Å². The molecule has 0 bridgehead atoms. The molecule has 0 aromatic heterocycles. The van der Waals surface area contributed by atoms with Crippen molar-refractivity contribution < 1.29 is 19.8 Å². The van der Waals surface area contributed by atoms with E-state index in [0.717, 1.165) is 19.5 Å². The van der Waals surface area contributed by atoms with Gasteiger partial charge >= 0.3 is 11.9 Å². The summed E-state index contributed by atoms with van der Waals surface area (Å²) in [7, 11) is 0. The van der Waals surface area contributed by atoms with Gasteiger partial charge in [-0.2, -0.15) is 0 Å². The molecule has 110 valence electrons. The highest BCUT2D eigenvalue weighted by molar-refractivity contribution is 6.24. The van der Waals surface area contributed by atoms with Crippen LogP contribution >= 0.6 is 11.6 Å². The van der Waals surface area contributed by atoms with E-state index in [-0.39, 0.29) is 4.87 Å². The quantitative estimate of drug-likeness (QED) is 0.573. The van der Waals surface area contributed by atoms with E-state index in [1.165, 1.54) is 11.1 Å². The molecule has 0 spiro atoms. The van der Waals surface area contributed by atoms with E-state index >= 15 is 0 Å². The molecule has 0 saturated heterocycles. The number of nitrogens with one attached hydrogen (secondary N) is 1. The Kier molecular flexibility index (Phi) is 5.98. The summed E-state index contributed by atoms with van der Waals surface area (Å²) in [5.41, 5.74) is 2.66. The third kappa shape index (κ3) is 5.19. The summed E-state index contributed by atoms with van der Waals surface area (Å²) in [6.07, 6.45) is 0.276. The Morgan fingerprint density at radius 3 is 2.45 bits per heavy atom. The average molecular weight is 300 g/mol. The molecule has 2 rings (SSSR count). The minimum Gasteiger partial charge on any atom is -0.481 e. The molecular weight excluding hydrogens is 282 g/mol. The van der Waals surface area contributed by atoms with Crippen LogP contribution in [0.25, 0.3) is 0 Å². The molecule has 0 aliphatic carbocycles. The lowest BCUT2D eigenvalue weighted by molar-refractivity contribution is -0.147. The molecule has 0 amide bonds. The van der Waals surface area contributed by atoms with Crippen LogP contribution in [0.4, 0.5) is 0 Å². The minimum absolute atomic E-state index is 0.243. The number of halogens is 1. The molecule has 1 aromatic carbocycles. The lowest BCUT2D eigenvalue weighted by atomic mass is 9.95. The van der Waals surface area contributed by atoms with Crippen molar-refractivity contribution in [2.75, 3.05) is 13.1 Å². The number of carbonyl (C=O) groups is 2. The van der Waals surface area contributed by atoms with Gasteiger partial charge in [-0.25, -0.2) is 0 Å². The number of alkyl halides is 1. The zero-order chi connectivity index (χ0) is 15.2. The van der Waals surface area contributed by atoms with Crippen LogP contribution in [0.3, 0.4) is 0 Å². The third-order valence-electron chi connectivity index (χ3n) is 2.91. The van der Waals surface area contributed by atoms with E-state index in [9.17, 15) is 9.59 Å². The zero-order valence-electron chi connectivity index (χ0n) is 11.2. The first-order valence-electron chi connectivity index (χ1n) is 6.24. The van der Waals surface area contributed by atoms with Gasteiger partial charge in [-0.1, -0.05) is 24.3 Å². The molecule has 0 saturated carbocycles. The first-order valence-corrected chi connectivity index (χ1v) is 6.62. The van der Waals surface area contributed by atoms with Gasteiger partial charge in [-0.15, -0.1) is 11.6 Å². The lowest BCUT2D eigenvalue weighted by Crippen LogP contribution is -2.29. The molecule has 1 heterocycles. The van der Waals surface area contributed by atoms with Gasteiger partial charge in [0.15, 0.2) is 0 Å². The van der Waals surface area contributed by atoms with E-state index in [1.54, 1.807) is 0 Å². The Balaban J connectivity index is 0.000000246. The molecule has 1 aliphatic heterocycles. The summed E-state index contributed by atoms with van der Waals surface area (Å²) in [4.78, 5) is 18.6. The summed E-state index contributed by atoms with van der Waals surface area (Å²) in [5.74, 6) is -2.62. The molecule has 20 heavy (non-hydrogen) atoms. The predicted molar refractivity (Wildman–Crippen MR) is 76.1 cm³/mol. The van der Waals surface area contributed by atoms with Crippen LogP contribution in [0.15, 0.2) is 24.3 Å². The van der Waals surface area contributed by atoms with Gasteiger partial charge in [0.05, 0.1) is 4.87 Å². The smallest absolute Gasteiger partial charge is 0.314 e. The van der Waals surface area contributed by atoms with Crippen molar-refractivity contribution in [3.63, 3.8) is 0 Å². The van der Waals surface area contributed by atoms with E-state index < -0.39 is 18.4 Å². The first-order chi connectivity index (χ1) is 9.33. The van der Waals surface area contributed by atoms with Crippen molar-refractivity contribution in [3.8, 4) is 0 Å². The van der Waals surface area contributed by atoms with Crippen LogP contribution in [0.1, 0.15) is 24.5 Å². The van der Waals surface area contributed by atoms with Crippen molar-refractivity contribution in [1.29, 1.82) is 0 Å². The number of hydrogen-bond donors (Lipinski definition) is 3. The van der Waals surface area contributed by atoms with Gasteiger partial charge in [0.2, 0.25) is 0 Å². The van der Waals surface area contributed by atoms with Crippen LogP contribution in [0.2, 0.25) is 0 Å². The van der Waals surface area contributed by atoms with E-state index in [4.69, 9.17) is 21.8 Å². The van der Waals surface area contributed by atoms with Crippen LogP contribution in [-0.2, 0) is 20.9 Å². The second-order valence-corrected chi connectivity index (χ2v) is 5.58. The maximum absolute atomic E-state index is 9.43. The van der Waals surface area contributed by atoms with E-state index in [2.05, 4.69) is 36.5 Å². The molecule has 1 aliphatic rings. The minimum atomic E-state index is -1.31. The highest BCUT2D eigenvalue weighted by atomic mass is 35.5. The third-order valence-corrected chi connectivity index (χ3v) is 3.25. The maximum atomic E-state index is 9.43. The van der Waals surface area contributed by atoms with Gasteiger partial charge in [-0.3, -0.25) is 9.59 Å². The van der Waals surface area contributed by atoms with Crippen LogP contribution in [0, 0.1) is 0 Å². The summed E-state index contributed by atoms with van der Waals surface area (Å²) < 4.78 is 0. The Morgan fingerprint density at radius 2 is 1.90 bits per heavy atom. The maximum Gasteiger partial charge on any atom is 0.314 e. The SMILES string of the molecule is CC1(Cl)CNCCc2ccccc21.O=C(O)CC(=O)O. The average Bonchev–Trinajstić information content (AvgIpc) is 2.48. The summed E-state index contributed by atoms with van der Waals surface area (Å²) in [6, 6.07) is 8.44. The van der Waals surface area contributed by atoms with Crippen molar-refractivity contribution in [2.24, 2.45) is 0 Å². The molecule has 1 aromatic rings. The fourth-order valence-corrected chi connectivity index (χ4v) is 2.30. The molecule has 0 radical (unpaired) electrons. The summed E-state index contributed by atoms with van der Waals surface area (Å²) in [6.45, 7) is 3.95. The van der Waals surface area contributed by atoms with Gasteiger partial charge in [-0.05, 0) is 31.0 Å². The number of rotatable bonds is 2. The number of fused-ring (bicyclic) bond motifs is 1. The first kappa shape index (κ1) is 16.5. The zero-order valence-corrected chi connectivity index (χ0v) is 12.0. The predicted octanol–water partition coefficient (Wildman–Crippen LogP) is 1.83. The largest absolute Gasteiger partial charge is 0.481 e. The molecule has 6 heteroatoms. The van der Waals surface area contributed by atoms with Crippen LogP contribution in [-0.4, -0.2) is 35.2 Å². The molecular formula is C14H18ClNO4. The van der Waals surface area contributed by atoms with E-state index in [0.29, 0.717) is 0 Å². The summed E-state index contributed by atoms with van der Waals surface area (Å²) in [5, 5.41) is 18.8. The highest BCUT2D eigenvalue weighted by Gasteiger charge is 2.27. The fourth-order valence-electron chi connectivity index (χ4n) is 2.02. The Bertz CT molecular complexity index is 476. The number of aliphatic carboxylic acids is 2. The normalized spacial score (nSPS) is 20.9. The Labute approximate surface area is 122 Å². The molecule has 3 N–H and O–H groups in total. The van der Waals surface area contributed by atoms with Crippen LogP contribution in [0.5, 0.6) is 0 Å². The lowest BCUT2D eigenvalue weighted by Gasteiger charge is -2.22. The van der Waals surface area contributed by atoms with Gasteiger partial charge in [0.1, 0.15) is 6.42 Å². The van der Waals surface area contributed by atoms with Crippen molar-refractivity contribution >= 4 is 23.5 Å². The Morgan fingerprint density at radius 1 is 1.30 bits per heavy atom. The Hall–Kier alpha value is -1.59. The number of hydrogen-bond acceptors (Lipinski definition) is 3. The van der Waals surface area contributed by atoms with Crippen LogP contribution < -0.4 is 5.32 Å². The summed E-state index contributed by atoms with van der Waals surface area (Å²) >= 11 is 6.44. The number of carboxylic acids is 2. The van der Waals surface area contributed by atoms with E-state index in [1.807, 2.05) is 0 Å². The second kappa shape index (κ2) is 7.26. The standard InChI is InChI=1S/C11H14ClN.C3H4O4/c1-11(12)8-13-7-6-9-4-2-3-5-10(9)11;4-2(5)1-3(6)7/h2-5,13H,6-8H2,1H3;1H2,(H,4,5)(H,6,7). The monoisotopic (exact) mass is 299 g/mol. The molecule has 1 unspecified atom stereocenters. The number of carboxylic acid groups (broad SMARTS) is 2. The van der Waals surface area contributed by atoms with Crippen molar-refractivity contribution in [3.05, 3.63) is 35.4 Å². The number of benzene rings is 1. The molecule has 0 fully saturated rings. The highest BCUT2D eigenvalue weighted by Crippen LogP contribution is 2.32. The molecule has 5 nitrogen and oxygen atoms in total. The fraction of sp³-hybridized carbons (Fsp3) is 0.429. The van der Waals surface area contributed by atoms with Crippen molar-refractivity contribution in [1.82, 2.24) is 5.32 Å².